The van der Waals surface area contributed by atoms with Gasteiger partial charge in [0, 0.05) is 0 Å². The maximum absolute atomic E-state index is 11.4. The second-order valence-electron chi connectivity index (χ2n) is 4.78. The normalized spacial score (nSPS) is 11.6. The minimum absolute atomic E-state index is 0.104. The van der Waals surface area contributed by atoms with E-state index in [1.54, 1.807) is 7.11 Å². The van der Waals surface area contributed by atoms with Crippen molar-refractivity contribution < 1.29 is 14.3 Å². The van der Waals surface area contributed by atoms with Gasteiger partial charge in [0.05, 0.1) is 19.2 Å². The number of primary amides is 1. The quantitative estimate of drug-likeness (QED) is 0.803. The van der Waals surface area contributed by atoms with Crippen molar-refractivity contribution in [1.29, 1.82) is 0 Å². The summed E-state index contributed by atoms with van der Waals surface area (Å²) in [7, 11) is 1.60. The molecule has 1 aromatic carbocycles. The van der Waals surface area contributed by atoms with E-state index >= 15 is 0 Å². The first-order valence-electron chi connectivity index (χ1n) is 6.87. The summed E-state index contributed by atoms with van der Waals surface area (Å²) in [5.74, 6) is 1.10. The van der Waals surface area contributed by atoms with E-state index in [-0.39, 0.29) is 22.6 Å². The van der Waals surface area contributed by atoms with Gasteiger partial charge < -0.3 is 20.5 Å². The lowest BCUT2D eigenvalue weighted by Crippen LogP contribution is -2.25. The van der Waals surface area contributed by atoms with Crippen LogP contribution in [0.4, 0.5) is 5.82 Å². The molecule has 0 bridgehead atoms. The molecule has 0 aliphatic rings. The number of benzene rings is 1. The summed E-state index contributed by atoms with van der Waals surface area (Å²) in [5.41, 5.74) is 5.47. The molecule has 1 heterocycles. The number of rotatable bonds is 7. The van der Waals surface area contributed by atoms with Crippen molar-refractivity contribution in [1.82, 2.24) is 10.2 Å². The van der Waals surface area contributed by atoms with Crippen LogP contribution in [0.3, 0.4) is 0 Å². The number of nitrogens with one attached hydrogen (secondary N) is 1. The highest BCUT2D eigenvalue weighted by molar-refractivity contribution is 6.29. The number of anilines is 1. The molecule has 1 atom stereocenters. The third-order valence-corrected chi connectivity index (χ3v) is 3.17. The first-order chi connectivity index (χ1) is 11.0. The van der Waals surface area contributed by atoms with E-state index < -0.39 is 5.91 Å². The number of nitrogens with zero attached hydrogens (tertiary/aromatic N) is 2. The Labute approximate surface area is 138 Å². The van der Waals surface area contributed by atoms with Crippen molar-refractivity contribution in [3.8, 4) is 11.5 Å². The number of aromatic nitrogens is 2. The maximum Gasteiger partial charge on any atom is 0.252 e. The van der Waals surface area contributed by atoms with E-state index in [2.05, 4.69) is 15.5 Å². The molecule has 1 aromatic heterocycles. The second kappa shape index (κ2) is 7.64. The van der Waals surface area contributed by atoms with Crippen molar-refractivity contribution in [2.75, 3.05) is 19.0 Å². The molecule has 1 unspecified atom stereocenters. The van der Waals surface area contributed by atoms with Crippen molar-refractivity contribution in [2.24, 2.45) is 5.73 Å². The molecule has 0 spiro atoms. The van der Waals surface area contributed by atoms with Gasteiger partial charge in [-0.3, -0.25) is 4.79 Å². The minimum atomic E-state index is -0.631. The van der Waals surface area contributed by atoms with Gasteiger partial charge in [-0.2, -0.15) is 0 Å². The van der Waals surface area contributed by atoms with Crippen molar-refractivity contribution in [3.63, 3.8) is 0 Å². The monoisotopic (exact) mass is 336 g/mol. The fourth-order valence-electron chi connectivity index (χ4n) is 1.86. The van der Waals surface area contributed by atoms with Gasteiger partial charge in [-0.25, -0.2) is 0 Å². The Bertz CT molecular complexity index is 679. The Morgan fingerprint density at radius 2 is 1.96 bits per heavy atom. The third kappa shape index (κ3) is 4.72. The molecule has 23 heavy (non-hydrogen) atoms. The third-order valence-electron chi connectivity index (χ3n) is 2.98. The van der Waals surface area contributed by atoms with Gasteiger partial charge in [0.25, 0.3) is 5.91 Å². The Morgan fingerprint density at radius 3 is 2.57 bits per heavy atom. The van der Waals surface area contributed by atoms with E-state index in [1.165, 1.54) is 6.07 Å². The van der Waals surface area contributed by atoms with Crippen LogP contribution in [0.2, 0.25) is 5.15 Å². The molecule has 2 aromatic rings. The molecule has 122 valence electrons. The van der Waals surface area contributed by atoms with Gasteiger partial charge in [-0.1, -0.05) is 11.6 Å². The Kier molecular flexibility index (Phi) is 5.59. The van der Waals surface area contributed by atoms with Gasteiger partial charge in [-0.15, -0.1) is 10.2 Å². The molecular weight excluding hydrogens is 320 g/mol. The zero-order chi connectivity index (χ0) is 16.8. The summed E-state index contributed by atoms with van der Waals surface area (Å²) in [6, 6.07) is 8.61. The number of hydrogen-bond acceptors (Lipinski definition) is 6. The standard InChI is InChI=1S/C15H17ClN4O3/c1-9(23-11-5-3-10(22-2)4-6-11)8-18-15-12(14(17)21)7-13(16)19-20-15/h3-7,9H,8H2,1-2H3,(H2,17,21)(H,18,20). The Morgan fingerprint density at radius 1 is 1.30 bits per heavy atom. The van der Waals surface area contributed by atoms with Crippen LogP contribution >= 0.6 is 11.6 Å². The van der Waals surface area contributed by atoms with E-state index in [0.29, 0.717) is 12.3 Å². The molecule has 0 aliphatic heterocycles. The summed E-state index contributed by atoms with van der Waals surface area (Å²) in [6.07, 6.45) is -0.179. The van der Waals surface area contributed by atoms with Crippen LogP contribution in [0.1, 0.15) is 17.3 Å². The number of amides is 1. The molecule has 0 saturated carbocycles. The van der Waals surface area contributed by atoms with Gasteiger partial charge in [0.2, 0.25) is 0 Å². The fourth-order valence-corrected chi connectivity index (χ4v) is 2.00. The lowest BCUT2D eigenvalue weighted by atomic mass is 10.2. The number of hydrogen-bond donors (Lipinski definition) is 2. The lowest BCUT2D eigenvalue weighted by molar-refractivity contribution is 0.100. The van der Waals surface area contributed by atoms with E-state index in [9.17, 15) is 4.79 Å². The Balaban J connectivity index is 1.96. The summed E-state index contributed by atoms with van der Waals surface area (Å²) in [5, 5.41) is 10.6. The molecule has 0 aliphatic carbocycles. The zero-order valence-electron chi connectivity index (χ0n) is 12.7. The van der Waals surface area contributed by atoms with Gasteiger partial charge in [0.15, 0.2) is 11.0 Å². The topological polar surface area (TPSA) is 99.4 Å². The van der Waals surface area contributed by atoms with Crippen LogP contribution in [0, 0.1) is 0 Å². The summed E-state index contributed by atoms with van der Waals surface area (Å²) >= 11 is 5.71. The highest BCUT2D eigenvalue weighted by atomic mass is 35.5. The molecule has 2 rings (SSSR count). The maximum atomic E-state index is 11.4. The SMILES string of the molecule is COc1ccc(OC(C)CNc2nnc(Cl)cc2C(N)=O)cc1. The average molecular weight is 337 g/mol. The van der Waals surface area contributed by atoms with Gasteiger partial charge >= 0.3 is 0 Å². The highest BCUT2D eigenvalue weighted by Crippen LogP contribution is 2.19. The largest absolute Gasteiger partial charge is 0.497 e. The van der Waals surface area contributed by atoms with Crippen molar-refractivity contribution in [3.05, 3.63) is 41.0 Å². The fraction of sp³-hybridized carbons (Fsp3) is 0.267. The first-order valence-corrected chi connectivity index (χ1v) is 7.25. The number of halogens is 1. The van der Waals surface area contributed by atoms with Gasteiger partial charge in [-0.05, 0) is 37.3 Å². The summed E-state index contributed by atoms with van der Waals surface area (Å²) < 4.78 is 10.8. The molecule has 3 N–H and O–H groups in total. The predicted octanol–water partition coefficient (Wildman–Crippen LogP) is 2.12. The second-order valence-corrected chi connectivity index (χ2v) is 5.17. The van der Waals surface area contributed by atoms with Gasteiger partial charge in [0.1, 0.15) is 17.6 Å². The van der Waals surface area contributed by atoms with Crippen LogP contribution in [0.25, 0.3) is 0 Å². The number of carbonyl (C=O) groups excluding carboxylic acids is 1. The number of nitrogens with two attached hydrogens (primary N) is 1. The molecule has 0 radical (unpaired) electrons. The van der Waals surface area contributed by atoms with E-state index in [0.717, 1.165) is 5.75 Å². The highest BCUT2D eigenvalue weighted by Gasteiger charge is 2.13. The predicted molar refractivity (Wildman–Crippen MR) is 87.1 cm³/mol. The number of carbonyl (C=O) groups is 1. The number of ether oxygens (including phenoxy) is 2. The summed E-state index contributed by atoms with van der Waals surface area (Å²) in [6.45, 7) is 2.28. The zero-order valence-corrected chi connectivity index (χ0v) is 13.5. The van der Waals surface area contributed by atoms with E-state index in [1.807, 2.05) is 31.2 Å². The minimum Gasteiger partial charge on any atom is -0.497 e. The molecular formula is C15H17ClN4O3. The van der Waals surface area contributed by atoms with Crippen LogP contribution < -0.4 is 20.5 Å². The lowest BCUT2D eigenvalue weighted by Gasteiger charge is -2.16. The van der Waals surface area contributed by atoms with E-state index in [4.69, 9.17) is 26.8 Å². The van der Waals surface area contributed by atoms with Crippen molar-refractivity contribution >= 4 is 23.3 Å². The Hall–Kier alpha value is -2.54. The summed E-state index contributed by atoms with van der Waals surface area (Å²) in [4.78, 5) is 11.4. The number of methoxy groups -OCH3 is 1. The molecule has 0 saturated heterocycles. The van der Waals surface area contributed by atoms with Crippen LogP contribution in [0.15, 0.2) is 30.3 Å². The first kappa shape index (κ1) is 16.8. The van der Waals surface area contributed by atoms with Crippen molar-refractivity contribution in [2.45, 2.75) is 13.0 Å². The molecule has 8 heteroatoms. The van der Waals surface area contributed by atoms with Crippen LogP contribution in [-0.2, 0) is 0 Å². The average Bonchev–Trinajstić information content (AvgIpc) is 2.54. The molecule has 1 amide bonds. The smallest absolute Gasteiger partial charge is 0.252 e. The van der Waals surface area contributed by atoms with Crippen LogP contribution in [0.5, 0.6) is 11.5 Å². The molecule has 7 nitrogen and oxygen atoms in total. The molecule has 0 fully saturated rings. The van der Waals surface area contributed by atoms with Crippen LogP contribution in [-0.4, -0.2) is 35.9 Å².